The lowest BCUT2D eigenvalue weighted by molar-refractivity contribution is 0.102. The fraction of sp³-hybridized carbons (Fsp3) is 0. The smallest absolute Gasteiger partial charge is 0.257 e. The van der Waals surface area contributed by atoms with Crippen LogP contribution in [0.3, 0.4) is 0 Å². The molecule has 0 unspecified atom stereocenters. The molecule has 3 nitrogen and oxygen atoms in total. The van der Waals surface area contributed by atoms with Gasteiger partial charge in [0.05, 0.1) is 10.6 Å². The van der Waals surface area contributed by atoms with Crippen molar-refractivity contribution in [3.8, 4) is 0 Å². The third kappa shape index (κ3) is 3.16. The number of rotatable bonds is 2. The summed E-state index contributed by atoms with van der Waals surface area (Å²) in [6.07, 6.45) is 0. The van der Waals surface area contributed by atoms with E-state index in [9.17, 15) is 9.18 Å². The number of nitrogen functional groups attached to an aromatic ring is 1. The molecule has 0 aliphatic heterocycles. The van der Waals surface area contributed by atoms with Gasteiger partial charge in [0, 0.05) is 16.4 Å². The van der Waals surface area contributed by atoms with E-state index in [0.29, 0.717) is 10.7 Å². The highest BCUT2D eigenvalue weighted by Gasteiger charge is 2.11. The van der Waals surface area contributed by atoms with Crippen molar-refractivity contribution in [2.45, 2.75) is 0 Å². The van der Waals surface area contributed by atoms with Gasteiger partial charge in [0.2, 0.25) is 0 Å². The van der Waals surface area contributed by atoms with Crippen LogP contribution in [-0.2, 0) is 0 Å². The number of benzene rings is 2. The molecule has 0 aliphatic rings. The topological polar surface area (TPSA) is 55.1 Å². The minimum atomic E-state index is -0.550. The van der Waals surface area contributed by atoms with Crippen LogP contribution in [0.1, 0.15) is 10.4 Å². The number of halogens is 3. The Balaban J connectivity index is 2.23. The summed E-state index contributed by atoms with van der Waals surface area (Å²) in [5.41, 5.74) is 6.62. The van der Waals surface area contributed by atoms with E-state index in [2.05, 4.69) is 5.32 Å². The van der Waals surface area contributed by atoms with Crippen LogP contribution in [-0.4, -0.2) is 5.91 Å². The molecule has 19 heavy (non-hydrogen) atoms. The van der Waals surface area contributed by atoms with Gasteiger partial charge in [-0.2, -0.15) is 0 Å². The number of carbonyl (C=O) groups excluding carboxylic acids is 1. The molecular weight excluding hydrogens is 290 g/mol. The van der Waals surface area contributed by atoms with Gasteiger partial charge >= 0.3 is 0 Å². The van der Waals surface area contributed by atoms with Gasteiger partial charge in [0.15, 0.2) is 0 Å². The maximum Gasteiger partial charge on any atom is 0.257 e. The molecule has 0 saturated carbocycles. The van der Waals surface area contributed by atoms with Gasteiger partial charge in [0.25, 0.3) is 5.91 Å². The lowest BCUT2D eigenvalue weighted by atomic mass is 10.1. The van der Waals surface area contributed by atoms with Crippen LogP contribution < -0.4 is 11.1 Å². The fourth-order valence-electron chi connectivity index (χ4n) is 1.51. The Hall–Kier alpha value is -1.78. The Labute approximate surface area is 119 Å². The highest BCUT2D eigenvalue weighted by Crippen LogP contribution is 2.22. The summed E-state index contributed by atoms with van der Waals surface area (Å²) in [6, 6.07) is 8.45. The van der Waals surface area contributed by atoms with Crippen LogP contribution in [0, 0.1) is 5.82 Å². The Morgan fingerprint density at radius 2 is 1.89 bits per heavy atom. The quantitative estimate of drug-likeness (QED) is 0.824. The third-order valence-corrected chi connectivity index (χ3v) is 2.96. The predicted molar refractivity (Wildman–Crippen MR) is 75.2 cm³/mol. The van der Waals surface area contributed by atoms with E-state index in [1.54, 1.807) is 6.07 Å². The second-order valence-electron chi connectivity index (χ2n) is 3.81. The molecule has 6 heteroatoms. The Kier molecular flexibility index (Phi) is 3.93. The molecule has 0 radical (unpaired) electrons. The predicted octanol–water partition coefficient (Wildman–Crippen LogP) is 3.97. The number of hydrogen-bond acceptors (Lipinski definition) is 2. The van der Waals surface area contributed by atoms with Crippen molar-refractivity contribution in [3.05, 3.63) is 57.8 Å². The van der Waals surface area contributed by atoms with E-state index >= 15 is 0 Å². The number of amides is 1. The molecule has 2 aromatic carbocycles. The third-order valence-electron chi connectivity index (χ3n) is 2.44. The normalized spacial score (nSPS) is 10.3. The van der Waals surface area contributed by atoms with Crippen molar-refractivity contribution in [2.75, 3.05) is 11.1 Å². The molecule has 0 aliphatic carbocycles. The minimum Gasteiger partial charge on any atom is -0.398 e. The van der Waals surface area contributed by atoms with Gasteiger partial charge in [-0.25, -0.2) is 4.39 Å². The molecule has 0 saturated heterocycles. The van der Waals surface area contributed by atoms with E-state index < -0.39 is 11.7 Å². The zero-order chi connectivity index (χ0) is 14.0. The fourth-order valence-corrected chi connectivity index (χ4v) is 1.87. The van der Waals surface area contributed by atoms with E-state index in [0.717, 1.165) is 0 Å². The molecule has 98 valence electrons. The van der Waals surface area contributed by atoms with Crippen LogP contribution in [0.2, 0.25) is 10.0 Å². The second-order valence-corrected chi connectivity index (χ2v) is 4.66. The molecular formula is C13H9Cl2FN2O. The Bertz CT molecular complexity index is 647. The van der Waals surface area contributed by atoms with Gasteiger partial charge in [-0.15, -0.1) is 0 Å². The van der Waals surface area contributed by atoms with Gasteiger partial charge in [-0.05, 0) is 36.4 Å². The molecule has 0 atom stereocenters. The zero-order valence-corrected chi connectivity index (χ0v) is 11.1. The molecule has 1 amide bonds. The van der Waals surface area contributed by atoms with E-state index in [-0.39, 0.29) is 16.3 Å². The van der Waals surface area contributed by atoms with Crippen LogP contribution >= 0.6 is 23.2 Å². The number of carbonyl (C=O) groups is 1. The van der Waals surface area contributed by atoms with Crippen LogP contribution in [0.15, 0.2) is 36.4 Å². The Morgan fingerprint density at radius 3 is 2.53 bits per heavy atom. The maximum atomic E-state index is 13.0. The monoisotopic (exact) mass is 298 g/mol. The molecule has 0 aromatic heterocycles. The largest absolute Gasteiger partial charge is 0.398 e. The van der Waals surface area contributed by atoms with Gasteiger partial charge in [0.1, 0.15) is 5.82 Å². The highest BCUT2D eigenvalue weighted by molar-refractivity contribution is 6.31. The van der Waals surface area contributed by atoms with Crippen molar-refractivity contribution in [1.29, 1.82) is 0 Å². The average Bonchev–Trinajstić information content (AvgIpc) is 2.33. The number of anilines is 2. The van der Waals surface area contributed by atoms with Crippen molar-refractivity contribution in [2.24, 2.45) is 0 Å². The summed E-state index contributed by atoms with van der Waals surface area (Å²) in [5, 5.41) is 2.95. The first-order valence-electron chi connectivity index (χ1n) is 5.29. The first kappa shape index (κ1) is 13.6. The van der Waals surface area contributed by atoms with Crippen LogP contribution in [0.4, 0.5) is 15.8 Å². The Morgan fingerprint density at radius 1 is 1.16 bits per heavy atom. The molecule has 0 bridgehead atoms. The molecule has 0 spiro atoms. The van der Waals surface area contributed by atoms with Crippen LogP contribution in [0.5, 0.6) is 0 Å². The first-order chi connectivity index (χ1) is 8.97. The first-order valence-corrected chi connectivity index (χ1v) is 6.04. The van der Waals surface area contributed by atoms with Gasteiger partial charge < -0.3 is 11.1 Å². The minimum absolute atomic E-state index is 0.0677. The molecule has 0 heterocycles. The second kappa shape index (κ2) is 5.47. The number of nitrogens with two attached hydrogens (primary N) is 1. The van der Waals surface area contributed by atoms with Crippen molar-refractivity contribution in [1.82, 2.24) is 0 Å². The van der Waals surface area contributed by atoms with Crippen molar-refractivity contribution in [3.63, 3.8) is 0 Å². The molecule has 3 N–H and O–H groups in total. The summed E-state index contributed by atoms with van der Waals surface area (Å²) in [7, 11) is 0. The molecule has 2 aromatic rings. The highest BCUT2D eigenvalue weighted by atomic mass is 35.5. The molecule has 2 rings (SSSR count). The van der Waals surface area contributed by atoms with Gasteiger partial charge in [-0.1, -0.05) is 23.2 Å². The molecule has 0 fully saturated rings. The lowest BCUT2D eigenvalue weighted by Crippen LogP contribution is -2.14. The summed E-state index contributed by atoms with van der Waals surface area (Å²) >= 11 is 11.4. The van der Waals surface area contributed by atoms with Crippen molar-refractivity contribution >= 4 is 40.5 Å². The SMILES string of the molecule is Nc1cc(Cl)ccc1C(=O)Nc1ccc(F)c(Cl)c1. The van der Waals surface area contributed by atoms with Crippen LogP contribution in [0.25, 0.3) is 0 Å². The zero-order valence-electron chi connectivity index (χ0n) is 9.58. The summed E-state index contributed by atoms with van der Waals surface area (Å²) in [4.78, 5) is 12.0. The van der Waals surface area contributed by atoms with Crippen molar-refractivity contribution < 1.29 is 9.18 Å². The van der Waals surface area contributed by atoms with E-state index in [1.807, 2.05) is 0 Å². The van der Waals surface area contributed by atoms with E-state index in [4.69, 9.17) is 28.9 Å². The summed E-state index contributed by atoms with van der Waals surface area (Å²) in [5.74, 6) is -0.970. The average molecular weight is 299 g/mol. The number of nitrogens with one attached hydrogen (secondary N) is 1. The summed E-state index contributed by atoms with van der Waals surface area (Å²) < 4.78 is 13.0. The van der Waals surface area contributed by atoms with Gasteiger partial charge in [-0.3, -0.25) is 4.79 Å². The maximum absolute atomic E-state index is 13.0. The number of hydrogen-bond donors (Lipinski definition) is 2. The standard InChI is InChI=1S/C13H9Cl2FN2O/c14-7-1-3-9(12(17)5-7)13(19)18-8-2-4-11(16)10(15)6-8/h1-6H,17H2,(H,18,19). The van der Waals surface area contributed by atoms with E-state index in [1.165, 1.54) is 30.3 Å². The lowest BCUT2D eigenvalue weighted by Gasteiger charge is -2.08. The summed E-state index contributed by atoms with van der Waals surface area (Å²) in [6.45, 7) is 0.